The van der Waals surface area contributed by atoms with Crippen LogP contribution in [0.2, 0.25) is 0 Å². The Bertz CT molecular complexity index is 252. The summed E-state index contributed by atoms with van der Waals surface area (Å²) in [5, 5.41) is 5.32. The Hall–Kier alpha value is 0.1000. The first-order valence-electron chi connectivity index (χ1n) is 4.26. The first kappa shape index (κ1) is 11.2. The van der Waals surface area contributed by atoms with Gasteiger partial charge in [-0.25, -0.2) is 0 Å². The van der Waals surface area contributed by atoms with Crippen molar-refractivity contribution in [2.75, 3.05) is 20.3 Å². The zero-order valence-electron chi connectivity index (χ0n) is 7.84. The minimum Gasteiger partial charge on any atom is -0.380 e. The van der Waals surface area contributed by atoms with E-state index in [-0.39, 0.29) is 0 Å². The Labute approximate surface area is 91.4 Å². The molecule has 0 spiro atoms. The summed E-state index contributed by atoms with van der Waals surface area (Å²) in [5.41, 5.74) is 0. The fourth-order valence-electron chi connectivity index (χ4n) is 1.05. The molecule has 1 unspecified atom stereocenters. The van der Waals surface area contributed by atoms with E-state index in [1.807, 2.05) is 14.0 Å². The van der Waals surface area contributed by atoms with Crippen LogP contribution in [-0.4, -0.2) is 20.3 Å². The smallest absolute Gasteiger partial charge is 0.0669 e. The fourth-order valence-corrected chi connectivity index (χ4v) is 2.59. The van der Waals surface area contributed by atoms with Crippen LogP contribution < -0.4 is 5.32 Å². The maximum Gasteiger partial charge on any atom is 0.0669 e. The third-order valence-corrected chi connectivity index (χ3v) is 3.58. The second-order valence-corrected chi connectivity index (χ2v) is 4.53. The van der Waals surface area contributed by atoms with Crippen LogP contribution in [-0.2, 0) is 4.74 Å². The summed E-state index contributed by atoms with van der Waals surface area (Å²) in [4.78, 5) is 1.31. The average molecular weight is 264 g/mol. The highest BCUT2D eigenvalue weighted by atomic mass is 79.9. The molecular weight excluding hydrogens is 250 g/mol. The van der Waals surface area contributed by atoms with Crippen molar-refractivity contribution < 1.29 is 4.74 Å². The highest BCUT2D eigenvalue weighted by Gasteiger charge is 2.10. The van der Waals surface area contributed by atoms with E-state index in [1.165, 1.54) is 4.88 Å². The lowest BCUT2D eigenvalue weighted by Crippen LogP contribution is -2.20. The van der Waals surface area contributed by atoms with Gasteiger partial charge in [-0.05, 0) is 36.0 Å². The number of hydrogen-bond acceptors (Lipinski definition) is 3. The normalized spacial score (nSPS) is 13.2. The molecule has 0 bridgehead atoms. The summed E-state index contributed by atoms with van der Waals surface area (Å²) in [6.07, 6.45) is 0. The van der Waals surface area contributed by atoms with Gasteiger partial charge in [-0.1, -0.05) is 0 Å². The number of likely N-dealkylation sites (N-methyl/N-ethyl adjacent to an activating group) is 1. The van der Waals surface area contributed by atoms with Gasteiger partial charge in [-0.15, -0.1) is 11.3 Å². The minimum absolute atomic E-state index is 0.316. The third kappa shape index (κ3) is 3.38. The van der Waals surface area contributed by atoms with E-state index in [0.29, 0.717) is 6.04 Å². The topological polar surface area (TPSA) is 21.3 Å². The van der Waals surface area contributed by atoms with Gasteiger partial charge >= 0.3 is 0 Å². The monoisotopic (exact) mass is 263 g/mol. The first-order valence-corrected chi connectivity index (χ1v) is 5.94. The average Bonchev–Trinajstić information content (AvgIpc) is 2.54. The van der Waals surface area contributed by atoms with E-state index in [9.17, 15) is 0 Å². The van der Waals surface area contributed by atoms with Crippen LogP contribution in [0.5, 0.6) is 0 Å². The van der Waals surface area contributed by atoms with E-state index >= 15 is 0 Å². The van der Waals surface area contributed by atoms with Crippen LogP contribution >= 0.6 is 27.3 Å². The Morgan fingerprint density at radius 2 is 2.46 bits per heavy atom. The third-order valence-electron chi connectivity index (χ3n) is 1.77. The number of hydrogen-bond donors (Lipinski definition) is 1. The molecule has 2 nitrogen and oxygen atoms in total. The first-order chi connectivity index (χ1) is 6.27. The second kappa shape index (κ2) is 5.75. The zero-order valence-corrected chi connectivity index (χ0v) is 10.2. The van der Waals surface area contributed by atoms with Gasteiger partial charge in [0.2, 0.25) is 0 Å². The van der Waals surface area contributed by atoms with Crippen LogP contribution in [0.1, 0.15) is 17.8 Å². The summed E-state index contributed by atoms with van der Waals surface area (Å²) in [5.74, 6) is 0. The Morgan fingerprint density at radius 3 is 2.92 bits per heavy atom. The van der Waals surface area contributed by atoms with E-state index in [0.717, 1.165) is 17.7 Å². The zero-order chi connectivity index (χ0) is 9.68. The standard InChI is InChI=1S/C9H14BrNOS/c1-3-12-5-8(11-2)9-4-7(10)6-13-9/h4,6,8,11H,3,5H2,1-2H3. The molecule has 0 aliphatic carbocycles. The Kier molecular flexibility index (Phi) is 4.94. The van der Waals surface area contributed by atoms with Crippen molar-refractivity contribution in [2.24, 2.45) is 0 Å². The van der Waals surface area contributed by atoms with Crippen molar-refractivity contribution >= 4 is 27.3 Å². The summed E-state index contributed by atoms with van der Waals surface area (Å²) in [7, 11) is 1.96. The molecule has 0 amide bonds. The summed E-state index contributed by atoms with van der Waals surface area (Å²) in [6.45, 7) is 3.52. The van der Waals surface area contributed by atoms with Crippen molar-refractivity contribution in [3.05, 3.63) is 20.8 Å². The van der Waals surface area contributed by atoms with Gasteiger partial charge in [0.15, 0.2) is 0 Å². The van der Waals surface area contributed by atoms with Crippen molar-refractivity contribution in [3.63, 3.8) is 0 Å². The van der Waals surface area contributed by atoms with Gasteiger partial charge in [0, 0.05) is 21.3 Å². The number of rotatable bonds is 5. The molecule has 0 aromatic carbocycles. The number of halogens is 1. The van der Waals surface area contributed by atoms with Gasteiger partial charge in [0.1, 0.15) is 0 Å². The lowest BCUT2D eigenvalue weighted by Gasteiger charge is -2.13. The molecule has 74 valence electrons. The van der Waals surface area contributed by atoms with Gasteiger partial charge < -0.3 is 10.1 Å². The second-order valence-electron chi connectivity index (χ2n) is 2.67. The number of thiophene rings is 1. The quantitative estimate of drug-likeness (QED) is 0.883. The molecule has 0 saturated carbocycles. The Balaban J connectivity index is 2.56. The van der Waals surface area contributed by atoms with Crippen molar-refractivity contribution in [2.45, 2.75) is 13.0 Å². The van der Waals surface area contributed by atoms with Crippen LogP contribution in [0, 0.1) is 0 Å². The minimum atomic E-state index is 0.316. The van der Waals surface area contributed by atoms with Crippen molar-refractivity contribution in [3.8, 4) is 0 Å². The molecular formula is C9H14BrNOS. The highest BCUT2D eigenvalue weighted by molar-refractivity contribution is 9.10. The van der Waals surface area contributed by atoms with Crippen LogP contribution in [0.25, 0.3) is 0 Å². The maximum atomic E-state index is 5.38. The lowest BCUT2D eigenvalue weighted by atomic mass is 10.2. The van der Waals surface area contributed by atoms with Gasteiger partial charge in [0.05, 0.1) is 12.6 Å². The highest BCUT2D eigenvalue weighted by Crippen LogP contribution is 2.25. The van der Waals surface area contributed by atoms with E-state index in [1.54, 1.807) is 11.3 Å². The van der Waals surface area contributed by atoms with Crippen LogP contribution in [0.3, 0.4) is 0 Å². The molecule has 13 heavy (non-hydrogen) atoms. The van der Waals surface area contributed by atoms with Gasteiger partial charge in [-0.2, -0.15) is 0 Å². The van der Waals surface area contributed by atoms with Gasteiger partial charge in [0.25, 0.3) is 0 Å². The number of nitrogens with one attached hydrogen (secondary N) is 1. The summed E-state index contributed by atoms with van der Waals surface area (Å²) >= 11 is 5.18. The molecule has 1 atom stereocenters. The van der Waals surface area contributed by atoms with E-state index < -0.39 is 0 Å². The van der Waals surface area contributed by atoms with Crippen LogP contribution in [0.15, 0.2) is 15.9 Å². The molecule has 1 rings (SSSR count). The van der Waals surface area contributed by atoms with E-state index in [2.05, 4.69) is 32.7 Å². The predicted octanol–water partition coefficient (Wildman–Crippen LogP) is 2.81. The molecule has 0 aliphatic rings. The summed E-state index contributed by atoms with van der Waals surface area (Å²) < 4.78 is 6.52. The van der Waals surface area contributed by atoms with Crippen molar-refractivity contribution in [1.29, 1.82) is 0 Å². The molecule has 1 heterocycles. The summed E-state index contributed by atoms with van der Waals surface area (Å²) in [6, 6.07) is 2.45. The largest absolute Gasteiger partial charge is 0.380 e. The van der Waals surface area contributed by atoms with Gasteiger partial charge in [-0.3, -0.25) is 0 Å². The molecule has 1 aromatic heterocycles. The van der Waals surface area contributed by atoms with Crippen molar-refractivity contribution in [1.82, 2.24) is 5.32 Å². The molecule has 0 radical (unpaired) electrons. The molecule has 0 saturated heterocycles. The predicted molar refractivity (Wildman–Crippen MR) is 60.3 cm³/mol. The fraction of sp³-hybridized carbons (Fsp3) is 0.556. The molecule has 0 fully saturated rings. The molecule has 4 heteroatoms. The lowest BCUT2D eigenvalue weighted by molar-refractivity contribution is 0.126. The van der Waals surface area contributed by atoms with Crippen LogP contribution in [0.4, 0.5) is 0 Å². The molecule has 1 N–H and O–H groups in total. The Morgan fingerprint density at radius 1 is 1.69 bits per heavy atom. The SMILES string of the molecule is CCOCC(NC)c1cc(Br)cs1. The number of ether oxygens (including phenoxy) is 1. The molecule has 0 aliphatic heterocycles. The van der Waals surface area contributed by atoms with E-state index in [4.69, 9.17) is 4.74 Å². The maximum absolute atomic E-state index is 5.38. The molecule has 1 aromatic rings.